The number of ether oxygens (including phenoxy) is 1. The van der Waals surface area contributed by atoms with E-state index in [4.69, 9.17) is 4.74 Å². The van der Waals surface area contributed by atoms with Crippen molar-refractivity contribution in [3.8, 4) is 11.8 Å². The molecule has 0 radical (unpaired) electrons. The number of carbonyl (C=O) groups is 1. The predicted octanol–water partition coefficient (Wildman–Crippen LogP) is 3.44. The number of piperidine rings is 1. The second-order valence-corrected chi connectivity index (χ2v) is 6.81. The first-order valence-corrected chi connectivity index (χ1v) is 7.28. The van der Waals surface area contributed by atoms with Gasteiger partial charge in [-0.2, -0.15) is 0 Å². The van der Waals surface area contributed by atoms with E-state index in [1.54, 1.807) is 6.92 Å². The summed E-state index contributed by atoms with van der Waals surface area (Å²) in [7, 11) is 0. The normalized spacial score (nSPS) is 29.7. The molecule has 2 aliphatic heterocycles. The smallest absolute Gasteiger partial charge is 0.411 e. The Hall–Kier alpha value is -1.17. The van der Waals surface area contributed by atoms with Gasteiger partial charge in [0.2, 0.25) is 0 Å². The van der Waals surface area contributed by atoms with Crippen molar-refractivity contribution in [3.05, 3.63) is 0 Å². The minimum Gasteiger partial charge on any atom is -0.436 e. The van der Waals surface area contributed by atoms with Gasteiger partial charge in [-0.15, -0.1) is 5.92 Å². The minimum absolute atomic E-state index is 0.164. The lowest BCUT2D eigenvalue weighted by Gasteiger charge is -2.43. The molecule has 2 unspecified atom stereocenters. The topological polar surface area (TPSA) is 29.5 Å². The van der Waals surface area contributed by atoms with Crippen molar-refractivity contribution in [1.82, 2.24) is 4.90 Å². The van der Waals surface area contributed by atoms with Crippen LogP contribution in [0.1, 0.15) is 53.4 Å². The Balaban J connectivity index is 1.98. The molecule has 0 aromatic rings. The second-order valence-electron chi connectivity index (χ2n) is 6.81. The molecule has 2 aliphatic rings. The van der Waals surface area contributed by atoms with E-state index in [-0.39, 0.29) is 12.7 Å². The fourth-order valence-electron chi connectivity index (χ4n) is 3.43. The highest BCUT2D eigenvalue weighted by molar-refractivity contribution is 5.69. The zero-order chi connectivity index (χ0) is 14.0. The molecule has 19 heavy (non-hydrogen) atoms. The van der Waals surface area contributed by atoms with Gasteiger partial charge in [-0.05, 0) is 43.9 Å². The molecule has 3 nitrogen and oxygen atoms in total. The third-order valence-corrected chi connectivity index (χ3v) is 4.61. The summed E-state index contributed by atoms with van der Waals surface area (Å²) in [4.78, 5) is 14.1. The Kier molecular flexibility index (Phi) is 4.08. The monoisotopic (exact) mass is 263 g/mol. The molecule has 106 valence electrons. The van der Waals surface area contributed by atoms with Gasteiger partial charge in [-0.1, -0.05) is 26.7 Å². The maximum Gasteiger partial charge on any atom is 0.411 e. The fraction of sp³-hybridized carbons (Fsp3) is 0.812. The van der Waals surface area contributed by atoms with Crippen LogP contribution in [0.25, 0.3) is 0 Å². The summed E-state index contributed by atoms with van der Waals surface area (Å²) in [5.74, 6) is 6.24. The molecule has 0 saturated carbocycles. The minimum atomic E-state index is -0.164. The zero-order valence-electron chi connectivity index (χ0n) is 12.5. The number of hydrogen-bond acceptors (Lipinski definition) is 2. The maximum absolute atomic E-state index is 12.1. The van der Waals surface area contributed by atoms with Crippen molar-refractivity contribution in [3.63, 3.8) is 0 Å². The van der Waals surface area contributed by atoms with Crippen molar-refractivity contribution in [2.75, 3.05) is 6.61 Å². The molecule has 1 amide bonds. The largest absolute Gasteiger partial charge is 0.436 e. The number of fused-ring (bicyclic) bond motifs is 2. The predicted molar refractivity (Wildman–Crippen MR) is 75.6 cm³/mol. The van der Waals surface area contributed by atoms with Crippen LogP contribution < -0.4 is 0 Å². The van der Waals surface area contributed by atoms with Gasteiger partial charge >= 0.3 is 6.09 Å². The fourth-order valence-corrected chi connectivity index (χ4v) is 3.43. The third-order valence-electron chi connectivity index (χ3n) is 4.61. The van der Waals surface area contributed by atoms with Crippen LogP contribution in [-0.4, -0.2) is 29.7 Å². The van der Waals surface area contributed by atoms with Crippen LogP contribution in [0.2, 0.25) is 0 Å². The first-order chi connectivity index (χ1) is 8.93. The van der Waals surface area contributed by atoms with Gasteiger partial charge < -0.3 is 9.64 Å². The van der Waals surface area contributed by atoms with Crippen molar-refractivity contribution in [2.24, 2.45) is 11.3 Å². The van der Waals surface area contributed by atoms with Crippen molar-refractivity contribution in [2.45, 2.75) is 65.5 Å². The number of rotatable bonds is 1. The van der Waals surface area contributed by atoms with E-state index < -0.39 is 0 Å². The molecule has 3 heteroatoms. The number of carbonyl (C=O) groups excluding carboxylic acids is 1. The average molecular weight is 263 g/mol. The Morgan fingerprint density at radius 2 is 1.84 bits per heavy atom. The molecule has 0 spiro atoms. The number of amides is 1. The lowest BCUT2D eigenvalue weighted by Crippen LogP contribution is -2.48. The van der Waals surface area contributed by atoms with Gasteiger partial charge in [0.15, 0.2) is 6.61 Å². The summed E-state index contributed by atoms with van der Waals surface area (Å²) in [6, 6.07) is 0.759. The Morgan fingerprint density at radius 1 is 1.26 bits per heavy atom. The Bertz CT molecular complexity index is 385. The van der Waals surface area contributed by atoms with Crippen LogP contribution in [0.15, 0.2) is 0 Å². The highest BCUT2D eigenvalue weighted by atomic mass is 16.6. The molecule has 0 N–H and O–H groups in total. The van der Waals surface area contributed by atoms with Gasteiger partial charge in [0.25, 0.3) is 0 Å². The molecule has 2 bridgehead atoms. The standard InChI is InChI=1S/C16H25NO2/c1-5-6-9-19-15(18)17-13-7-8-14(17)11-12(10-13)16(2,3)4/h12-14H,7-11H2,1-4H3. The van der Waals surface area contributed by atoms with Gasteiger partial charge in [0.05, 0.1) is 0 Å². The van der Waals surface area contributed by atoms with Gasteiger partial charge in [0, 0.05) is 12.1 Å². The van der Waals surface area contributed by atoms with Gasteiger partial charge in [0.1, 0.15) is 0 Å². The third kappa shape index (κ3) is 3.05. The SMILES string of the molecule is CC#CCOC(=O)N1C2CCC1CC(C(C)(C)C)C2. The summed E-state index contributed by atoms with van der Waals surface area (Å²) in [6.07, 6.45) is 4.34. The van der Waals surface area contributed by atoms with Crippen molar-refractivity contribution in [1.29, 1.82) is 0 Å². The van der Waals surface area contributed by atoms with Crippen LogP contribution in [0, 0.1) is 23.2 Å². The molecule has 0 aliphatic carbocycles. The second kappa shape index (κ2) is 5.45. The van der Waals surface area contributed by atoms with Crippen LogP contribution >= 0.6 is 0 Å². The van der Waals surface area contributed by atoms with Crippen LogP contribution in [-0.2, 0) is 4.74 Å². The van der Waals surface area contributed by atoms with E-state index in [0.717, 1.165) is 25.7 Å². The molecule has 0 aromatic carbocycles. The highest BCUT2D eigenvalue weighted by Gasteiger charge is 2.46. The Morgan fingerprint density at radius 3 is 2.32 bits per heavy atom. The lowest BCUT2D eigenvalue weighted by atomic mass is 9.73. The van der Waals surface area contributed by atoms with Crippen molar-refractivity contribution < 1.29 is 9.53 Å². The highest BCUT2D eigenvalue weighted by Crippen LogP contribution is 2.45. The van der Waals surface area contributed by atoms with E-state index in [1.165, 1.54) is 0 Å². The maximum atomic E-state index is 12.1. The van der Waals surface area contributed by atoms with E-state index in [9.17, 15) is 4.79 Å². The van der Waals surface area contributed by atoms with E-state index in [0.29, 0.717) is 23.4 Å². The molecular weight excluding hydrogens is 238 g/mol. The van der Waals surface area contributed by atoms with Gasteiger partial charge in [-0.25, -0.2) is 4.79 Å². The number of hydrogen-bond donors (Lipinski definition) is 0. The summed E-state index contributed by atoms with van der Waals surface area (Å²) in [5.41, 5.74) is 0.338. The summed E-state index contributed by atoms with van der Waals surface area (Å²) < 4.78 is 5.24. The summed E-state index contributed by atoms with van der Waals surface area (Å²) >= 11 is 0. The van der Waals surface area contributed by atoms with E-state index in [1.807, 2.05) is 4.90 Å². The lowest BCUT2D eigenvalue weighted by molar-refractivity contribution is 0.0404. The van der Waals surface area contributed by atoms with E-state index in [2.05, 4.69) is 32.6 Å². The zero-order valence-corrected chi connectivity index (χ0v) is 12.5. The first-order valence-electron chi connectivity index (χ1n) is 7.28. The molecule has 2 fully saturated rings. The Labute approximate surface area is 116 Å². The molecule has 2 heterocycles. The van der Waals surface area contributed by atoms with Gasteiger partial charge in [-0.3, -0.25) is 0 Å². The van der Waals surface area contributed by atoms with E-state index >= 15 is 0 Å². The molecule has 2 saturated heterocycles. The molecular formula is C16H25NO2. The average Bonchev–Trinajstić information content (AvgIpc) is 2.58. The molecule has 2 rings (SSSR count). The quantitative estimate of drug-likeness (QED) is 0.678. The molecule has 2 atom stereocenters. The van der Waals surface area contributed by atoms with Crippen molar-refractivity contribution >= 4 is 6.09 Å². The van der Waals surface area contributed by atoms with Crippen LogP contribution in [0.4, 0.5) is 4.79 Å². The number of nitrogens with zero attached hydrogens (tertiary/aromatic N) is 1. The molecule has 0 aromatic heterocycles. The van der Waals surface area contributed by atoms with Crippen LogP contribution in [0.3, 0.4) is 0 Å². The summed E-state index contributed by atoms with van der Waals surface area (Å²) in [5, 5.41) is 0. The summed E-state index contributed by atoms with van der Waals surface area (Å²) in [6.45, 7) is 8.89. The van der Waals surface area contributed by atoms with Crippen LogP contribution in [0.5, 0.6) is 0 Å². The first kappa shape index (κ1) is 14.2.